The van der Waals surface area contributed by atoms with E-state index in [0.717, 1.165) is 25.0 Å². The fourth-order valence-corrected chi connectivity index (χ4v) is 2.16. The van der Waals surface area contributed by atoms with E-state index in [2.05, 4.69) is 31.9 Å². The van der Waals surface area contributed by atoms with Crippen LogP contribution in [0.2, 0.25) is 0 Å². The summed E-state index contributed by atoms with van der Waals surface area (Å²) in [6.45, 7) is 6.44. The van der Waals surface area contributed by atoms with E-state index in [1.54, 1.807) is 0 Å². The third-order valence-corrected chi connectivity index (χ3v) is 3.12. The highest BCUT2D eigenvalue weighted by Gasteiger charge is 2.26. The molecule has 0 amide bonds. The first kappa shape index (κ1) is 10.7. The topological polar surface area (TPSA) is 38.0 Å². The van der Waals surface area contributed by atoms with Crippen LogP contribution in [0.3, 0.4) is 0 Å². The van der Waals surface area contributed by atoms with Gasteiger partial charge in [0.15, 0.2) is 0 Å². The van der Waals surface area contributed by atoms with Crippen molar-refractivity contribution in [2.45, 2.75) is 57.6 Å². The molecule has 0 unspecified atom stereocenters. The molecule has 15 heavy (non-hydrogen) atoms. The van der Waals surface area contributed by atoms with Crippen LogP contribution in [0, 0.1) is 0 Å². The SMILES string of the molecule is CC(C)(C)n1ccc([C@H]2CC[C@@H](O)C2)n1. The Bertz CT molecular complexity index is 338. The fourth-order valence-electron chi connectivity index (χ4n) is 2.16. The molecule has 0 aliphatic heterocycles. The van der Waals surface area contributed by atoms with E-state index in [1.165, 1.54) is 0 Å². The van der Waals surface area contributed by atoms with Crippen LogP contribution in [0.4, 0.5) is 0 Å². The molecule has 2 rings (SSSR count). The second-order valence-electron chi connectivity index (χ2n) is 5.52. The summed E-state index contributed by atoms with van der Waals surface area (Å²) in [4.78, 5) is 0. The summed E-state index contributed by atoms with van der Waals surface area (Å²) in [6, 6.07) is 2.09. The summed E-state index contributed by atoms with van der Waals surface area (Å²) in [6.07, 6.45) is 4.80. The molecule has 0 bridgehead atoms. The standard InChI is InChI=1S/C12H20N2O/c1-12(2,3)14-7-6-11(13-14)9-4-5-10(15)8-9/h6-7,9-10,15H,4-5,8H2,1-3H3/t9-,10+/m0/s1. The Hall–Kier alpha value is -0.830. The van der Waals surface area contributed by atoms with E-state index in [4.69, 9.17) is 0 Å². The van der Waals surface area contributed by atoms with Gasteiger partial charge in [0.2, 0.25) is 0 Å². The van der Waals surface area contributed by atoms with Crippen molar-refractivity contribution < 1.29 is 5.11 Å². The largest absolute Gasteiger partial charge is 0.393 e. The highest BCUT2D eigenvalue weighted by molar-refractivity contribution is 5.09. The average molecular weight is 208 g/mol. The van der Waals surface area contributed by atoms with Gasteiger partial charge in [-0.2, -0.15) is 5.10 Å². The monoisotopic (exact) mass is 208 g/mol. The van der Waals surface area contributed by atoms with E-state index >= 15 is 0 Å². The maximum atomic E-state index is 9.49. The van der Waals surface area contributed by atoms with Gasteiger partial charge >= 0.3 is 0 Å². The molecule has 1 heterocycles. The number of aromatic nitrogens is 2. The Balaban J connectivity index is 2.14. The van der Waals surface area contributed by atoms with Crippen LogP contribution >= 0.6 is 0 Å². The third kappa shape index (κ3) is 2.23. The minimum absolute atomic E-state index is 0.0511. The van der Waals surface area contributed by atoms with Crippen molar-refractivity contribution in [3.05, 3.63) is 18.0 Å². The summed E-state index contributed by atoms with van der Waals surface area (Å²) in [7, 11) is 0. The summed E-state index contributed by atoms with van der Waals surface area (Å²) >= 11 is 0. The molecule has 3 heteroatoms. The van der Waals surface area contributed by atoms with Gasteiger partial charge in [0.05, 0.1) is 17.3 Å². The van der Waals surface area contributed by atoms with E-state index in [9.17, 15) is 5.11 Å². The van der Waals surface area contributed by atoms with Crippen LogP contribution in [0.5, 0.6) is 0 Å². The third-order valence-electron chi connectivity index (χ3n) is 3.12. The van der Waals surface area contributed by atoms with Crippen LogP contribution < -0.4 is 0 Å². The van der Waals surface area contributed by atoms with E-state index in [1.807, 2.05) is 10.9 Å². The van der Waals surface area contributed by atoms with Gasteiger partial charge in [-0.1, -0.05) is 0 Å². The molecule has 1 N–H and O–H groups in total. The van der Waals surface area contributed by atoms with Crippen molar-refractivity contribution in [1.29, 1.82) is 0 Å². The molecule has 1 aliphatic carbocycles. The Morgan fingerprint density at radius 3 is 2.60 bits per heavy atom. The number of nitrogens with zero attached hydrogens (tertiary/aromatic N) is 2. The lowest BCUT2D eigenvalue weighted by atomic mass is 10.0. The molecule has 1 aromatic rings. The molecule has 1 aromatic heterocycles. The van der Waals surface area contributed by atoms with Crippen molar-refractivity contribution >= 4 is 0 Å². The van der Waals surface area contributed by atoms with Crippen LogP contribution in [-0.2, 0) is 5.54 Å². The quantitative estimate of drug-likeness (QED) is 0.768. The Morgan fingerprint density at radius 1 is 1.40 bits per heavy atom. The van der Waals surface area contributed by atoms with E-state index in [0.29, 0.717) is 5.92 Å². The minimum atomic E-state index is -0.116. The lowest BCUT2D eigenvalue weighted by molar-refractivity contribution is 0.181. The second kappa shape index (κ2) is 3.63. The normalized spacial score (nSPS) is 27.2. The fraction of sp³-hybridized carbons (Fsp3) is 0.750. The van der Waals surface area contributed by atoms with Gasteiger partial charge in [0.25, 0.3) is 0 Å². The molecule has 0 aromatic carbocycles. The molecular formula is C12H20N2O. The molecule has 2 atom stereocenters. The molecule has 3 nitrogen and oxygen atoms in total. The first-order valence-electron chi connectivity index (χ1n) is 5.71. The molecule has 1 fully saturated rings. The van der Waals surface area contributed by atoms with Gasteiger partial charge < -0.3 is 5.11 Å². The first-order chi connectivity index (χ1) is 6.97. The smallest absolute Gasteiger partial charge is 0.0656 e. The summed E-state index contributed by atoms with van der Waals surface area (Å²) in [5.41, 5.74) is 1.19. The van der Waals surface area contributed by atoms with Gasteiger partial charge in [-0.15, -0.1) is 0 Å². The Morgan fingerprint density at radius 2 is 2.13 bits per heavy atom. The average Bonchev–Trinajstić information content (AvgIpc) is 2.69. The lowest BCUT2D eigenvalue weighted by Gasteiger charge is -2.19. The minimum Gasteiger partial charge on any atom is -0.393 e. The summed E-state index contributed by atoms with van der Waals surface area (Å²) in [5.74, 6) is 0.462. The Labute approximate surface area is 91.1 Å². The maximum absolute atomic E-state index is 9.49. The predicted octanol–water partition coefficient (Wildman–Crippen LogP) is 2.27. The predicted molar refractivity (Wildman–Crippen MR) is 59.8 cm³/mol. The number of rotatable bonds is 1. The number of aliphatic hydroxyl groups excluding tert-OH is 1. The molecule has 0 radical (unpaired) electrons. The highest BCUT2D eigenvalue weighted by atomic mass is 16.3. The van der Waals surface area contributed by atoms with Crippen LogP contribution in [0.15, 0.2) is 12.3 Å². The van der Waals surface area contributed by atoms with E-state index < -0.39 is 0 Å². The highest BCUT2D eigenvalue weighted by Crippen LogP contribution is 2.33. The molecular weight excluding hydrogens is 188 g/mol. The summed E-state index contributed by atoms with van der Waals surface area (Å²) < 4.78 is 2.01. The maximum Gasteiger partial charge on any atom is 0.0656 e. The van der Waals surface area contributed by atoms with Crippen molar-refractivity contribution in [3.63, 3.8) is 0 Å². The zero-order valence-corrected chi connectivity index (χ0v) is 9.77. The van der Waals surface area contributed by atoms with Crippen LogP contribution in [0.1, 0.15) is 51.6 Å². The van der Waals surface area contributed by atoms with Crippen molar-refractivity contribution in [1.82, 2.24) is 9.78 Å². The number of hydrogen-bond donors (Lipinski definition) is 1. The van der Waals surface area contributed by atoms with Gasteiger partial charge in [-0.25, -0.2) is 0 Å². The van der Waals surface area contributed by atoms with Gasteiger partial charge in [0, 0.05) is 12.1 Å². The van der Waals surface area contributed by atoms with Crippen molar-refractivity contribution in [2.75, 3.05) is 0 Å². The lowest BCUT2D eigenvalue weighted by Crippen LogP contribution is -2.22. The molecule has 84 valence electrons. The number of hydrogen-bond acceptors (Lipinski definition) is 2. The van der Waals surface area contributed by atoms with Gasteiger partial charge in [0.1, 0.15) is 0 Å². The zero-order valence-electron chi connectivity index (χ0n) is 9.77. The molecule has 1 saturated carbocycles. The molecule has 1 aliphatic rings. The van der Waals surface area contributed by atoms with Gasteiger partial charge in [-0.05, 0) is 46.1 Å². The van der Waals surface area contributed by atoms with Crippen LogP contribution in [-0.4, -0.2) is 21.0 Å². The summed E-state index contributed by atoms with van der Waals surface area (Å²) in [5, 5.41) is 14.1. The number of aliphatic hydroxyl groups is 1. The van der Waals surface area contributed by atoms with Crippen molar-refractivity contribution in [2.24, 2.45) is 0 Å². The van der Waals surface area contributed by atoms with Crippen LogP contribution in [0.25, 0.3) is 0 Å². The first-order valence-corrected chi connectivity index (χ1v) is 5.71. The second-order valence-corrected chi connectivity index (χ2v) is 5.52. The Kier molecular flexibility index (Phi) is 2.59. The van der Waals surface area contributed by atoms with Crippen molar-refractivity contribution in [3.8, 4) is 0 Å². The van der Waals surface area contributed by atoms with E-state index in [-0.39, 0.29) is 11.6 Å². The molecule has 0 spiro atoms. The zero-order chi connectivity index (χ0) is 11.1. The van der Waals surface area contributed by atoms with Gasteiger partial charge in [-0.3, -0.25) is 4.68 Å². The molecule has 0 saturated heterocycles.